The van der Waals surface area contributed by atoms with Crippen LogP contribution in [0.1, 0.15) is 34.4 Å². The number of rotatable bonds is 4. The lowest BCUT2D eigenvalue weighted by Crippen LogP contribution is -2.46. The van der Waals surface area contributed by atoms with Crippen molar-refractivity contribution in [1.29, 1.82) is 0 Å². The standard InChI is InChI=1S/C14H18N4O4/c1-7-5-8(2)18-11(16-7)10(9(3)17-18)12(19)15-6-14(4,22)13(20)21/h5,22H,6H2,1-4H3,(H,15,19)(H,20,21). The van der Waals surface area contributed by atoms with E-state index in [-0.39, 0.29) is 5.56 Å². The van der Waals surface area contributed by atoms with Crippen LogP contribution in [0.5, 0.6) is 0 Å². The van der Waals surface area contributed by atoms with Crippen molar-refractivity contribution >= 4 is 17.5 Å². The van der Waals surface area contributed by atoms with E-state index in [1.165, 1.54) is 0 Å². The number of hydrogen-bond acceptors (Lipinski definition) is 5. The molecule has 0 fully saturated rings. The monoisotopic (exact) mass is 306 g/mol. The summed E-state index contributed by atoms with van der Waals surface area (Å²) in [7, 11) is 0. The van der Waals surface area contributed by atoms with Crippen molar-refractivity contribution in [3.05, 3.63) is 28.7 Å². The highest BCUT2D eigenvalue weighted by Gasteiger charge is 2.31. The zero-order valence-corrected chi connectivity index (χ0v) is 12.8. The highest BCUT2D eigenvalue weighted by atomic mass is 16.4. The molecule has 0 aromatic carbocycles. The van der Waals surface area contributed by atoms with Crippen LogP contribution in [-0.4, -0.2) is 48.8 Å². The molecule has 0 saturated heterocycles. The summed E-state index contributed by atoms with van der Waals surface area (Å²) in [6, 6.07) is 1.84. The Balaban J connectivity index is 2.36. The predicted molar refractivity (Wildman–Crippen MR) is 77.8 cm³/mol. The minimum Gasteiger partial charge on any atom is -0.479 e. The molecule has 8 nitrogen and oxygen atoms in total. The molecule has 0 bridgehead atoms. The molecule has 8 heteroatoms. The summed E-state index contributed by atoms with van der Waals surface area (Å²) in [5, 5.41) is 25.2. The van der Waals surface area contributed by atoms with Crippen molar-refractivity contribution in [1.82, 2.24) is 19.9 Å². The molecule has 2 rings (SSSR count). The topological polar surface area (TPSA) is 117 Å². The maximum absolute atomic E-state index is 12.3. The molecule has 118 valence electrons. The summed E-state index contributed by atoms with van der Waals surface area (Å²) in [5.41, 5.74) is 0.703. The van der Waals surface area contributed by atoms with Crippen LogP contribution >= 0.6 is 0 Å². The van der Waals surface area contributed by atoms with E-state index in [1.807, 2.05) is 19.9 Å². The average molecular weight is 306 g/mol. The van der Waals surface area contributed by atoms with Gasteiger partial charge in [-0.15, -0.1) is 0 Å². The molecule has 2 heterocycles. The van der Waals surface area contributed by atoms with Crippen molar-refractivity contribution in [3.63, 3.8) is 0 Å². The van der Waals surface area contributed by atoms with Crippen LogP contribution < -0.4 is 5.32 Å². The van der Waals surface area contributed by atoms with E-state index in [4.69, 9.17) is 5.11 Å². The number of amides is 1. The summed E-state index contributed by atoms with van der Waals surface area (Å²) in [5.74, 6) is -1.93. The lowest BCUT2D eigenvalue weighted by atomic mass is 10.1. The Labute approximate surface area is 126 Å². The van der Waals surface area contributed by atoms with Gasteiger partial charge in [0.25, 0.3) is 5.91 Å². The van der Waals surface area contributed by atoms with Crippen LogP contribution in [0.4, 0.5) is 0 Å². The van der Waals surface area contributed by atoms with Crippen molar-refractivity contribution in [2.24, 2.45) is 0 Å². The summed E-state index contributed by atoms with van der Waals surface area (Å²) in [4.78, 5) is 27.5. The van der Waals surface area contributed by atoms with Crippen LogP contribution in [0, 0.1) is 20.8 Å². The molecule has 3 N–H and O–H groups in total. The molecular formula is C14H18N4O4. The van der Waals surface area contributed by atoms with Gasteiger partial charge in [-0.3, -0.25) is 4.79 Å². The quantitative estimate of drug-likeness (QED) is 0.744. The zero-order chi connectivity index (χ0) is 16.7. The minimum absolute atomic E-state index is 0.271. The summed E-state index contributed by atoms with van der Waals surface area (Å²) in [6.07, 6.45) is 0. The molecule has 1 amide bonds. The molecule has 2 aromatic rings. The number of aromatic nitrogens is 3. The van der Waals surface area contributed by atoms with Crippen LogP contribution in [0.2, 0.25) is 0 Å². The smallest absolute Gasteiger partial charge is 0.337 e. The highest BCUT2D eigenvalue weighted by Crippen LogP contribution is 2.16. The molecule has 0 aliphatic carbocycles. The molecular weight excluding hydrogens is 288 g/mol. The first-order valence-corrected chi connectivity index (χ1v) is 6.71. The van der Waals surface area contributed by atoms with Gasteiger partial charge in [-0.25, -0.2) is 14.3 Å². The number of carbonyl (C=O) groups excluding carboxylic acids is 1. The molecule has 2 aromatic heterocycles. The van der Waals surface area contributed by atoms with E-state index in [0.717, 1.165) is 18.3 Å². The molecule has 1 atom stereocenters. The molecule has 0 aliphatic heterocycles. The number of fused-ring (bicyclic) bond motifs is 1. The third-order valence-corrected chi connectivity index (χ3v) is 3.35. The van der Waals surface area contributed by atoms with Gasteiger partial charge in [-0.1, -0.05) is 0 Å². The summed E-state index contributed by atoms with van der Waals surface area (Å²) in [6.45, 7) is 6.04. The number of carboxylic acid groups (broad SMARTS) is 1. The fourth-order valence-corrected chi connectivity index (χ4v) is 2.11. The van der Waals surface area contributed by atoms with Crippen molar-refractivity contribution in [2.45, 2.75) is 33.3 Å². The number of hydrogen-bond donors (Lipinski definition) is 3. The Bertz CT molecular complexity index is 764. The van der Waals surface area contributed by atoms with Crippen LogP contribution in [-0.2, 0) is 4.79 Å². The number of aryl methyl sites for hydroxylation is 3. The minimum atomic E-state index is -2.04. The average Bonchev–Trinajstić information content (AvgIpc) is 2.72. The van der Waals surface area contributed by atoms with Gasteiger partial charge in [0.05, 0.1) is 12.2 Å². The van der Waals surface area contributed by atoms with Gasteiger partial charge in [0.2, 0.25) is 0 Å². The third-order valence-electron chi connectivity index (χ3n) is 3.35. The second-order valence-corrected chi connectivity index (χ2v) is 5.50. The Morgan fingerprint density at radius 1 is 1.36 bits per heavy atom. The normalized spacial score (nSPS) is 13.9. The van der Waals surface area contributed by atoms with Crippen molar-refractivity contribution < 1.29 is 19.8 Å². The van der Waals surface area contributed by atoms with Crippen LogP contribution in [0.25, 0.3) is 5.65 Å². The van der Waals surface area contributed by atoms with Crippen molar-refractivity contribution in [2.75, 3.05) is 6.54 Å². The highest BCUT2D eigenvalue weighted by molar-refractivity contribution is 6.01. The molecule has 1 unspecified atom stereocenters. The van der Waals surface area contributed by atoms with Gasteiger partial charge in [0.15, 0.2) is 11.2 Å². The van der Waals surface area contributed by atoms with E-state index in [2.05, 4.69) is 15.4 Å². The first kappa shape index (κ1) is 15.9. The molecule has 0 radical (unpaired) electrons. The second-order valence-electron chi connectivity index (χ2n) is 5.50. The van der Waals surface area contributed by atoms with E-state index >= 15 is 0 Å². The number of carboxylic acids is 1. The zero-order valence-electron chi connectivity index (χ0n) is 12.8. The molecule has 22 heavy (non-hydrogen) atoms. The second kappa shape index (κ2) is 5.38. The Kier molecular flexibility index (Phi) is 3.89. The van der Waals surface area contributed by atoms with Crippen LogP contribution in [0.3, 0.4) is 0 Å². The fraction of sp³-hybridized carbons (Fsp3) is 0.429. The number of nitrogens with zero attached hydrogens (tertiary/aromatic N) is 3. The van der Waals surface area contributed by atoms with Gasteiger partial charge >= 0.3 is 5.97 Å². The Morgan fingerprint density at radius 3 is 2.59 bits per heavy atom. The largest absolute Gasteiger partial charge is 0.479 e. The maximum Gasteiger partial charge on any atom is 0.337 e. The van der Waals surface area contributed by atoms with Crippen LogP contribution in [0.15, 0.2) is 6.07 Å². The van der Waals surface area contributed by atoms with E-state index in [0.29, 0.717) is 11.3 Å². The first-order chi connectivity index (χ1) is 10.1. The predicted octanol–water partition coefficient (Wildman–Crippen LogP) is 0.220. The number of nitrogens with one attached hydrogen (secondary N) is 1. The number of aliphatic hydroxyl groups is 1. The summed E-state index contributed by atoms with van der Waals surface area (Å²) >= 11 is 0. The third kappa shape index (κ3) is 2.77. The first-order valence-electron chi connectivity index (χ1n) is 6.71. The lowest BCUT2D eigenvalue weighted by molar-refractivity contribution is -0.155. The van der Waals surface area contributed by atoms with E-state index < -0.39 is 24.0 Å². The van der Waals surface area contributed by atoms with Gasteiger partial charge in [0, 0.05) is 11.4 Å². The SMILES string of the molecule is Cc1cc(C)n2nc(C)c(C(=O)NCC(C)(O)C(=O)O)c2n1. The number of aliphatic carboxylic acids is 1. The summed E-state index contributed by atoms with van der Waals surface area (Å²) < 4.78 is 1.56. The fourth-order valence-electron chi connectivity index (χ4n) is 2.11. The van der Waals surface area contributed by atoms with Gasteiger partial charge < -0.3 is 15.5 Å². The number of carbonyl (C=O) groups is 2. The Hall–Kier alpha value is -2.48. The Morgan fingerprint density at radius 2 is 2.00 bits per heavy atom. The molecule has 0 saturated carbocycles. The van der Waals surface area contributed by atoms with Gasteiger partial charge in [0.1, 0.15) is 5.56 Å². The van der Waals surface area contributed by atoms with Crippen molar-refractivity contribution in [3.8, 4) is 0 Å². The molecule has 0 aliphatic rings. The molecule has 0 spiro atoms. The van der Waals surface area contributed by atoms with Gasteiger partial charge in [-0.2, -0.15) is 5.10 Å². The van der Waals surface area contributed by atoms with E-state index in [1.54, 1.807) is 11.4 Å². The lowest BCUT2D eigenvalue weighted by Gasteiger charge is -2.18. The van der Waals surface area contributed by atoms with Gasteiger partial charge in [-0.05, 0) is 33.8 Å². The van der Waals surface area contributed by atoms with E-state index in [9.17, 15) is 14.7 Å². The maximum atomic E-state index is 12.3.